The van der Waals surface area contributed by atoms with Crippen molar-refractivity contribution < 1.29 is 9.84 Å². The van der Waals surface area contributed by atoms with Crippen LogP contribution in [0.25, 0.3) is 0 Å². The van der Waals surface area contributed by atoms with Gasteiger partial charge in [0.2, 0.25) is 0 Å². The lowest BCUT2D eigenvalue weighted by atomic mass is 9.97. The summed E-state index contributed by atoms with van der Waals surface area (Å²) in [6.45, 7) is 0. The number of phenolic OH excluding ortho intramolecular Hbond substituents is 1. The third-order valence-electron chi connectivity index (χ3n) is 2.75. The molecule has 4 heteroatoms. The van der Waals surface area contributed by atoms with Crippen molar-refractivity contribution in [3.05, 3.63) is 22.2 Å². The van der Waals surface area contributed by atoms with Gasteiger partial charge in [0.1, 0.15) is 0 Å². The summed E-state index contributed by atoms with van der Waals surface area (Å²) in [6.07, 6.45) is 1.71. The molecule has 0 radical (unpaired) electrons. The first-order valence-electron chi connectivity index (χ1n) is 4.61. The third kappa shape index (κ3) is 1.57. The van der Waals surface area contributed by atoms with E-state index in [1.54, 1.807) is 12.1 Å². The summed E-state index contributed by atoms with van der Waals surface area (Å²) in [5.74, 6) is 0.497. The molecule has 1 aromatic carbocycles. The van der Waals surface area contributed by atoms with Crippen molar-refractivity contribution in [2.45, 2.75) is 18.3 Å². The predicted octanol–water partition coefficient (Wildman–Crippen LogP) is 2.72. The van der Waals surface area contributed by atoms with Crippen LogP contribution >= 0.6 is 15.9 Å². The predicted molar refractivity (Wildman–Crippen MR) is 58.9 cm³/mol. The molecule has 0 saturated heterocycles. The monoisotopic (exact) mass is 267 g/mol. The van der Waals surface area contributed by atoms with Crippen LogP contribution in [0.2, 0.25) is 0 Å². The van der Waals surface area contributed by atoms with Crippen molar-refractivity contribution in [2.75, 3.05) is 7.11 Å². The van der Waals surface area contributed by atoms with Crippen molar-refractivity contribution in [3.63, 3.8) is 0 Å². The third-order valence-corrected chi connectivity index (χ3v) is 3.40. The van der Waals surface area contributed by atoms with Crippen LogP contribution in [0.1, 0.15) is 18.4 Å². The van der Waals surface area contributed by atoms with Crippen LogP contribution in [0.5, 0.6) is 11.5 Å². The molecule has 0 atom stereocenters. The number of nitrogens with zero attached hydrogens (tertiary/aromatic N) is 1. The largest absolute Gasteiger partial charge is 0.504 e. The van der Waals surface area contributed by atoms with Gasteiger partial charge in [0.15, 0.2) is 11.5 Å². The number of ether oxygens (including phenoxy) is 1. The van der Waals surface area contributed by atoms with Gasteiger partial charge in [0.25, 0.3) is 0 Å². The van der Waals surface area contributed by atoms with Crippen LogP contribution < -0.4 is 4.74 Å². The Morgan fingerprint density at radius 3 is 2.67 bits per heavy atom. The van der Waals surface area contributed by atoms with Crippen LogP contribution in [0.3, 0.4) is 0 Å². The molecular weight excluding hydrogens is 258 g/mol. The molecule has 1 aliphatic rings. The Balaban J connectivity index is 2.51. The Hall–Kier alpha value is -1.21. The fourth-order valence-corrected chi connectivity index (χ4v) is 2.34. The van der Waals surface area contributed by atoms with Crippen molar-refractivity contribution in [3.8, 4) is 17.6 Å². The van der Waals surface area contributed by atoms with Gasteiger partial charge in [0.05, 0.1) is 18.6 Å². The summed E-state index contributed by atoms with van der Waals surface area (Å²) in [4.78, 5) is 0. The van der Waals surface area contributed by atoms with Crippen molar-refractivity contribution in [1.82, 2.24) is 0 Å². The summed E-state index contributed by atoms with van der Waals surface area (Å²) in [5, 5.41) is 18.7. The van der Waals surface area contributed by atoms with Gasteiger partial charge in [-0.3, -0.25) is 0 Å². The van der Waals surface area contributed by atoms with E-state index in [-0.39, 0.29) is 5.75 Å². The number of benzene rings is 1. The van der Waals surface area contributed by atoms with Gasteiger partial charge in [-0.1, -0.05) is 15.9 Å². The van der Waals surface area contributed by atoms with Crippen LogP contribution in [0.4, 0.5) is 0 Å². The average Bonchev–Trinajstić information content (AvgIpc) is 3.01. The molecule has 0 aromatic heterocycles. The summed E-state index contributed by atoms with van der Waals surface area (Å²) in [6, 6.07) is 5.60. The Morgan fingerprint density at radius 2 is 2.20 bits per heavy atom. The highest BCUT2D eigenvalue weighted by atomic mass is 79.9. The van der Waals surface area contributed by atoms with Crippen LogP contribution in [-0.2, 0) is 5.41 Å². The Labute approximate surface area is 96.4 Å². The minimum Gasteiger partial charge on any atom is -0.504 e. The molecule has 0 spiro atoms. The van der Waals surface area contributed by atoms with Gasteiger partial charge in [-0.2, -0.15) is 5.26 Å². The molecule has 1 saturated carbocycles. The lowest BCUT2D eigenvalue weighted by Crippen LogP contribution is -2.03. The summed E-state index contributed by atoms with van der Waals surface area (Å²) < 4.78 is 5.80. The van der Waals surface area contributed by atoms with E-state index >= 15 is 0 Å². The standard InChI is InChI=1S/C11H10BrNO2/c1-15-10-5-8(12)7(4-9(10)14)11(6-13)2-3-11/h4-5,14H,2-3H2,1H3. The van der Waals surface area contributed by atoms with E-state index in [0.717, 1.165) is 22.9 Å². The van der Waals surface area contributed by atoms with Crippen molar-refractivity contribution >= 4 is 15.9 Å². The summed E-state index contributed by atoms with van der Waals surface area (Å²) in [7, 11) is 1.50. The normalized spacial score (nSPS) is 16.9. The number of nitriles is 1. The number of halogens is 1. The van der Waals surface area contributed by atoms with Crippen molar-refractivity contribution in [1.29, 1.82) is 5.26 Å². The fourth-order valence-electron chi connectivity index (χ4n) is 1.64. The lowest BCUT2D eigenvalue weighted by Gasteiger charge is -2.12. The van der Waals surface area contributed by atoms with Gasteiger partial charge in [-0.15, -0.1) is 0 Å². The maximum Gasteiger partial charge on any atom is 0.161 e. The second-order valence-corrected chi connectivity index (χ2v) is 4.55. The Kier molecular flexibility index (Phi) is 2.35. The first kappa shape index (κ1) is 10.3. The highest BCUT2D eigenvalue weighted by Gasteiger charge is 2.46. The number of rotatable bonds is 2. The van der Waals surface area contributed by atoms with E-state index in [4.69, 9.17) is 10.00 Å². The Morgan fingerprint density at radius 1 is 1.53 bits per heavy atom. The fraction of sp³-hybridized carbons (Fsp3) is 0.364. The van der Waals surface area contributed by atoms with Crippen molar-refractivity contribution in [2.24, 2.45) is 0 Å². The van der Waals surface area contributed by atoms with Gasteiger partial charge >= 0.3 is 0 Å². The zero-order valence-corrected chi connectivity index (χ0v) is 9.84. The van der Waals surface area contributed by atoms with E-state index in [2.05, 4.69) is 22.0 Å². The molecule has 1 aliphatic carbocycles. The molecular formula is C11H10BrNO2. The lowest BCUT2D eigenvalue weighted by molar-refractivity contribution is 0.372. The molecule has 0 bridgehead atoms. The smallest absolute Gasteiger partial charge is 0.161 e. The maximum atomic E-state index is 9.65. The van der Waals surface area contributed by atoms with Gasteiger partial charge < -0.3 is 9.84 Å². The van der Waals surface area contributed by atoms with E-state index in [0.29, 0.717) is 5.75 Å². The summed E-state index contributed by atoms with van der Waals surface area (Å²) >= 11 is 3.40. The number of methoxy groups -OCH3 is 1. The molecule has 1 N–H and O–H groups in total. The Bertz CT molecular complexity index is 447. The first-order chi connectivity index (χ1) is 7.13. The zero-order chi connectivity index (χ0) is 11.1. The summed E-state index contributed by atoms with van der Waals surface area (Å²) in [5.41, 5.74) is 0.450. The van der Waals surface area contributed by atoms with E-state index < -0.39 is 5.41 Å². The average molecular weight is 268 g/mol. The molecule has 1 aromatic rings. The second-order valence-electron chi connectivity index (χ2n) is 3.70. The minimum absolute atomic E-state index is 0.0808. The maximum absolute atomic E-state index is 9.65. The molecule has 0 amide bonds. The molecule has 2 rings (SSSR count). The molecule has 0 heterocycles. The number of hydrogen-bond donors (Lipinski definition) is 1. The van der Waals surface area contributed by atoms with E-state index in [9.17, 15) is 5.11 Å². The number of phenols is 1. The molecule has 0 unspecified atom stereocenters. The number of aromatic hydroxyl groups is 1. The molecule has 1 fully saturated rings. The zero-order valence-electron chi connectivity index (χ0n) is 8.25. The molecule has 78 valence electrons. The molecule has 15 heavy (non-hydrogen) atoms. The van der Waals surface area contributed by atoms with E-state index in [1.165, 1.54) is 7.11 Å². The first-order valence-corrected chi connectivity index (χ1v) is 5.40. The van der Waals surface area contributed by atoms with Gasteiger partial charge in [-0.05, 0) is 30.5 Å². The van der Waals surface area contributed by atoms with E-state index in [1.807, 2.05) is 0 Å². The molecule has 3 nitrogen and oxygen atoms in total. The second kappa shape index (κ2) is 3.42. The van der Waals surface area contributed by atoms with Crippen LogP contribution in [0.15, 0.2) is 16.6 Å². The highest BCUT2D eigenvalue weighted by molar-refractivity contribution is 9.10. The minimum atomic E-state index is -0.400. The van der Waals surface area contributed by atoms with Gasteiger partial charge in [-0.25, -0.2) is 0 Å². The quantitative estimate of drug-likeness (QED) is 0.897. The SMILES string of the molecule is COc1cc(Br)c(C2(C#N)CC2)cc1O. The number of hydrogen-bond acceptors (Lipinski definition) is 3. The van der Waals surface area contributed by atoms with Gasteiger partial charge in [0, 0.05) is 4.47 Å². The van der Waals surface area contributed by atoms with Crippen LogP contribution in [0, 0.1) is 11.3 Å². The topological polar surface area (TPSA) is 53.2 Å². The highest BCUT2D eigenvalue weighted by Crippen LogP contribution is 2.51. The molecule has 0 aliphatic heterocycles. The van der Waals surface area contributed by atoms with Crippen LogP contribution in [-0.4, -0.2) is 12.2 Å².